The Balaban J connectivity index is 1.22. The van der Waals surface area contributed by atoms with Crippen molar-refractivity contribution in [2.75, 3.05) is 26.8 Å². The van der Waals surface area contributed by atoms with Crippen LogP contribution in [0.2, 0.25) is 0 Å². The molecule has 2 aromatic carbocycles. The Kier molecular flexibility index (Phi) is 8.76. The molecule has 1 saturated carbocycles. The van der Waals surface area contributed by atoms with Crippen molar-refractivity contribution in [3.63, 3.8) is 0 Å². The number of aromatic nitrogens is 1. The molecule has 0 spiro atoms. The number of piperidine rings is 1. The van der Waals surface area contributed by atoms with E-state index in [2.05, 4.69) is 50.6 Å². The molecule has 7 nitrogen and oxygen atoms in total. The van der Waals surface area contributed by atoms with Crippen LogP contribution in [0.3, 0.4) is 0 Å². The van der Waals surface area contributed by atoms with E-state index in [0.29, 0.717) is 38.5 Å². The summed E-state index contributed by atoms with van der Waals surface area (Å²) in [5.74, 6) is 0.132. The number of nitrogens with zero attached hydrogens (tertiary/aromatic N) is 2. The molecule has 0 radical (unpaired) electrons. The molecule has 2 heterocycles. The van der Waals surface area contributed by atoms with E-state index in [1.54, 1.807) is 7.11 Å². The Labute approximate surface area is 225 Å². The molecule has 7 heteroatoms. The van der Waals surface area contributed by atoms with E-state index in [4.69, 9.17) is 4.74 Å². The van der Waals surface area contributed by atoms with E-state index in [-0.39, 0.29) is 23.8 Å². The summed E-state index contributed by atoms with van der Waals surface area (Å²) in [6, 6.07) is 18.8. The van der Waals surface area contributed by atoms with Crippen LogP contribution in [0.25, 0.3) is 10.9 Å². The van der Waals surface area contributed by atoms with Crippen molar-refractivity contribution in [2.45, 2.75) is 63.7 Å². The normalized spacial score (nSPS) is 19.4. The monoisotopic (exact) mass is 516 g/mol. The molecule has 1 aliphatic carbocycles. The number of benzene rings is 2. The van der Waals surface area contributed by atoms with Gasteiger partial charge < -0.3 is 24.8 Å². The van der Waals surface area contributed by atoms with Crippen molar-refractivity contribution in [2.24, 2.45) is 5.92 Å². The summed E-state index contributed by atoms with van der Waals surface area (Å²) in [4.78, 5) is 28.6. The van der Waals surface area contributed by atoms with E-state index in [1.165, 1.54) is 16.5 Å². The number of carbonyl (C=O) groups excluding carboxylic acids is 2. The van der Waals surface area contributed by atoms with Crippen molar-refractivity contribution in [3.8, 4) is 0 Å². The maximum atomic E-state index is 13.8. The minimum Gasteiger partial charge on any atom is -0.385 e. The van der Waals surface area contributed by atoms with Gasteiger partial charge in [-0.15, -0.1) is 0 Å². The maximum absolute atomic E-state index is 13.8. The van der Waals surface area contributed by atoms with Gasteiger partial charge in [0.25, 0.3) is 0 Å². The third-order valence-corrected chi connectivity index (χ3v) is 7.78. The quantitative estimate of drug-likeness (QED) is 0.358. The zero-order valence-electron chi connectivity index (χ0n) is 22.4. The van der Waals surface area contributed by atoms with E-state index >= 15 is 0 Å². The van der Waals surface area contributed by atoms with E-state index in [1.807, 2.05) is 30.3 Å². The molecule has 38 heavy (non-hydrogen) atoms. The van der Waals surface area contributed by atoms with Gasteiger partial charge in [-0.2, -0.15) is 0 Å². The molecule has 1 aromatic heterocycles. The van der Waals surface area contributed by atoms with Crippen molar-refractivity contribution in [1.82, 2.24) is 20.1 Å². The number of amides is 2. The highest BCUT2D eigenvalue weighted by Crippen LogP contribution is 2.33. The second-order valence-corrected chi connectivity index (χ2v) is 10.7. The number of nitrogens with one attached hydrogen (secondary N) is 2. The van der Waals surface area contributed by atoms with Crippen LogP contribution in [0, 0.1) is 5.92 Å². The lowest BCUT2D eigenvalue weighted by Crippen LogP contribution is -2.53. The predicted molar refractivity (Wildman–Crippen MR) is 150 cm³/mol. The molecule has 1 aliphatic heterocycles. The first kappa shape index (κ1) is 26.4. The number of para-hydroxylation sites is 1. The Morgan fingerprint density at radius 1 is 1.08 bits per heavy atom. The van der Waals surface area contributed by atoms with Gasteiger partial charge in [0.05, 0.1) is 5.92 Å². The van der Waals surface area contributed by atoms with Crippen molar-refractivity contribution >= 4 is 22.7 Å². The number of aryl methyl sites for hydroxylation is 2. The Bertz CT molecular complexity index is 1220. The van der Waals surface area contributed by atoms with Crippen LogP contribution in [0.4, 0.5) is 0 Å². The highest BCUT2D eigenvalue weighted by molar-refractivity contribution is 5.85. The topological polar surface area (TPSA) is 75.6 Å². The molecule has 2 N–H and O–H groups in total. The third-order valence-electron chi connectivity index (χ3n) is 7.78. The predicted octanol–water partition coefficient (Wildman–Crippen LogP) is 3.90. The molecule has 202 valence electrons. The van der Waals surface area contributed by atoms with Crippen LogP contribution < -0.4 is 10.6 Å². The van der Waals surface area contributed by atoms with Crippen LogP contribution in [-0.2, 0) is 33.8 Å². The molecule has 2 aliphatic rings. The van der Waals surface area contributed by atoms with Gasteiger partial charge >= 0.3 is 0 Å². The second kappa shape index (κ2) is 12.6. The first-order chi connectivity index (χ1) is 18.6. The van der Waals surface area contributed by atoms with Gasteiger partial charge in [-0.1, -0.05) is 48.5 Å². The fourth-order valence-corrected chi connectivity index (χ4v) is 5.65. The summed E-state index contributed by atoms with van der Waals surface area (Å²) in [6.07, 6.45) is 7.18. The summed E-state index contributed by atoms with van der Waals surface area (Å²) in [5.41, 5.74) is 3.57. The van der Waals surface area contributed by atoms with Gasteiger partial charge in [0.2, 0.25) is 11.8 Å². The Hall–Kier alpha value is -3.16. The van der Waals surface area contributed by atoms with E-state index in [0.717, 1.165) is 44.4 Å². The fourth-order valence-electron chi connectivity index (χ4n) is 5.65. The number of ether oxygens (including phenoxy) is 1. The van der Waals surface area contributed by atoms with Gasteiger partial charge in [-0.3, -0.25) is 9.59 Å². The second-order valence-electron chi connectivity index (χ2n) is 10.7. The van der Waals surface area contributed by atoms with Gasteiger partial charge in [0.15, 0.2) is 0 Å². The van der Waals surface area contributed by atoms with E-state index in [9.17, 15) is 9.59 Å². The summed E-state index contributed by atoms with van der Waals surface area (Å²) < 4.78 is 7.55. The van der Waals surface area contributed by atoms with Gasteiger partial charge in [0, 0.05) is 75.5 Å². The zero-order valence-corrected chi connectivity index (χ0v) is 22.4. The number of carbonyl (C=O) groups is 2. The number of hydrogen-bond donors (Lipinski definition) is 2. The number of rotatable bonds is 12. The molecule has 1 saturated heterocycles. The Morgan fingerprint density at radius 2 is 1.87 bits per heavy atom. The largest absolute Gasteiger partial charge is 0.385 e. The van der Waals surface area contributed by atoms with Crippen LogP contribution in [0.15, 0.2) is 60.8 Å². The molecule has 2 amide bonds. The molecule has 5 rings (SSSR count). The molecule has 3 aromatic rings. The zero-order chi connectivity index (χ0) is 26.3. The average molecular weight is 517 g/mol. The first-order valence-electron chi connectivity index (χ1n) is 14.0. The lowest BCUT2D eigenvalue weighted by atomic mass is 9.93. The first-order valence-corrected chi connectivity index (χ1v) is 14.0. The fraction of sp³-hybridized carbons (Fsp3) is 0.484. The number of hydrogen-bond acceptors (Lipinski definition) is 4. The minimum absolute atomic E-state index is 0.0234. The number of fused-ring (bicyclic) bond motifs is 1. The van der Waals surface area contributed by atoms with Gasteiger partial charge in [-0.25, -0.2) is 0 Å². The van der Waals surface area contributed by atoms with Crippen molar-refractivity contribution in [1.29, 1.82) is 0 Å². The lowest BCUT2D eigenvalue weighted by molar-refractivity contribution is -0.138. The molecule has 2 fully saturated rings. The summed E-state index contributed by atoms with van der Waals surface area (Å²) in [6.45, 7) is 3.62. The molecule has 0 bridgehead atoms. The standard InChI is InChI=1S/C31H40N4O3/c1-38-17-7-16-34-21-25(28-10-5-6-11-29(28)34)22-35(27-13-14-27)31(37)24-18-26(20-32-19-24)33-30(36)15-12-23-8-3-2-4-9-23/h2-6,8-11,21,24,26-27,32H,7,12-20,22H2,1H3,(H,33,36). The van der Waals surface area contributed by atoms with Crippen LogP contribution in [0.5, 0.6) is 0 Å². The Morgan fingerprint density at radius 3 is 2.66 bits per heavy atom. The van der Waals surface area contributed by atoms with Gasteiger partial charge in [-0.05, 0) is 49.3 Å². The smallest absolute Gasteiger partial charge is 0.227 e. The van der Waals surface area contributed by atoms with Crippen LogP contribution >= 0.6 is 0 Å². The van der Waals surface area contributed by atoms with Crippen LogP contribution in [-0.4, -0.2) is 60.2 Å². The van der Waals surface area contributed by atoms with E-state index < -0.39 is 0 Å². The highest BCUT2D eigenvalue weighted by atomic mass is 16.5. The molecule has 2 atom stereocenters. The summed E-state index contributed by atoms with van der Waals surface area (Å²) in [5, 5.41) is 7.80. The van der Waals surface area contributed by atoms with Crippen LogP contribution in [0.1, 0.15) is 43.2 Å². The summed E-state index contributed by atoms with van der Waals surface area (Å²) >= 11 is 0. The molecular weight excluding hydrogens is 476 g/mol. The lowest BCUT2D eigenvalue weighted by Gasteiger charge is -2.34. The SMILES string of the molecule is COCCCn1cc(CN(C(=O)C2CNCC(NC(=O)CCc3ccccc3)C2)C2CC2)c2ccccc21. The molecular formula is C31H40N4O3. The molecule has 2 unspecified atom stereocenters. The number of methoxy groups -OCH3 is 1. The third kappa shape index (κ3) is 6.63. The van der Waals surface area contributed by atoms with Crippen molar-refractivity contribution in [3.05, 3.63) is 71.9 Å². The summed E-state index contributed by atoms with van der Waals surface area (Å²) in [7, 11) is 1.74. The highest BCUT2D eigenvalue weighted by Gasteiger charge is 2.38. The minimum atomic E-state index is -0.126. The average Bonchev–Trinajstić information content (AvgIpc) is 3.73. The van der Waals surface area contributed by atoms with Crippen molar-refractivity contribution < 1.29 is 14.3 Å². The van der Waals surface area contributed by atoms with Gasteiger partial charge in [0.1, 0.15) is 0 Å². The maximum Gasteiger partial charge on any atom is 0.227 e.